The highest BCUT2D eigenvalue weighted by atomic mass is 35.5. The van der Waals surface area contributed by atoms with Crippen molar-refractivity contribution in [1.29, 1.82) is 0 Å². The van der Waals surface area contributed by atoms with Crippen molar-refractivity contribution in [2.24, 2.45) is 0 Å². The molecule has 2 saturated heterocycles. The summed E-state index contributed by atoms with van der Waals surface area (Å²) in [5, 5.41) is 9.77. The molecule has 2 aliphatic heterocycles. The van der Waals surface area contributed by atoms with Gasteiger partial charge in [0.25, 0.3) is 0 Å². The first-order valence-electron chi connectivity index (χ1n) is 11.9. The van der Waals surface area contributed by atoms with E-state index in [4.69, 9.17) is 16.3 Å². The van der Waals surface area contributed by atoms with Crippen molar-refractivity contribution >= 4 is 50.9 Å². The quantitative estimate of drug-likeness (QED) is 0.451. The van der Waals surface area contributed by atoms with Crippen LogP contribution in [0.2, 0.25) is 5.02 Å². The van der Waals surface area contributed by atoms with Crippen LogP contribution in [0.15, 0.2) is 30.5 Å². The zero-order valence-corrected chi connectivity index (χ0v) is 21.4. The zero-order chi connectivity index (χ0) is 25.4. The van der Waals surface area contributed by atoms with Gasteiger partial charge < -0.3 is 9.84 Å². The number of nitrogens with zero attached hydrogens (tertiary/aromatic N) is 3. The molecule has 2 aliphatic rings. The van der Waals surface area contributed by atoms with Gasteiger partial charge in [-0.2, -0.15) is 0 Å². The Kier molecular flexibility index (Phi) is 6.96. The molecule has 2 fully saturated rings. The van der Waals surface area contributed by atoms with Crippen LogP contribution in [0.25, 0.3) is 21.3 Å². The number of piperidine rings is 1. The van der Waals surface area contributed by atoms with Crippen molar-refractivity contribution < 1.29 is 24.2 Å². The van der Waals surface area contributed by atoms with E-state index in [1.807, 2.05) is 36.1 Å². The van der Waals surface area contributed by atoms with Gasteiger partial charge in [-0.1, -0.05) is 11.6 Å². The van der Waals surface area contributed by atoms with Crippen LogP contribution in [0.5, 0.6) is 5.75 Å². The van der Waals surface area contributed by atoms with Crippen LogP contribution < -0.4 is 4.74 Å². The molecule has 0 saturated carbocycles. The second-order valence-electron chi connectivity index (χ2n) is 9.27. The summed E-state index contributed by atoms with van der Waals surface area (Å²) in [6.07, 6.45) is 3.82. The third-order valence-electron chi connectivity index (χ3n) is 6.57. The molecular weight excluding hydrogens is 502 g/mol. The van der Waals surface area contributed by atoms with E-state index in [-0.39, 0.29) is 43.8 Å². The van der Waals surface area contributed by atoms with Crippen molar-refractivity contribution in [3.63, 3.8) is 0 Å². The number of carbonyl (C=O) groups is 3. The second kappa shape index (κ2) is 10.2. The van der Waals surface area contributed by atoms with Crippen LogP contribution in [0.1, 0.15) is 36.1 Å². The van der Waals surface area contributed by atoms with Crippen molar-refractivity contribution in [2.45, 2.75) is 45.3 Å². The van der Waals surface area contributed by atoms with E-state index >= 15 is 0 Å². The SMILES string of the molecule is Cc1cc(Cl)cc(-c2ccnc3cc(CN4C(=O)CCC4=O)sc23)c1O[C@H]1CCCN(CC(=O)O)C1. The molecule has 0 radical (unpaired) electrons. The lowest BCUT2D eigenvalue weighted by atomic mass is 10.0. The minimum atomic E-state index is -0.843. The fourth-order valence-corrected chi connectivity index (χ4v) is 6.33. The van der Waals surface area contributed by atoms with E-state index in [1.54, 1.807) is 6.20 Å². The van der Waals surface area contributed by atoms with Crippen molar-refractivity contribution in [2.75, 3.05) is 19.6 Å². The molecule has 2 amide bonds. The summed E-state index contributed by atoms with van der Waals surface area (Å²) >= 11 is 7.98. The van der Waals surface area contributed by atoms with Gasteiger partial charge in [-0.3, -0.25) is 29.2 Å². The second-order valence-corrected chi connectivity index (χ2v) is 10.8. The fraction of sp³-hybridized carbons (Fsp3) is 0.385. The fourth-order valence-electron chi connectivity index (χ4n) is 4.93. The van der Waals surface area contributed by atoms with Gasteiger partial charge in [0.1, 0.15) is 11.9 Å². The topological polar surface area (TPSA) is 100 Å². The maximum Gasteiger partial charge on any atom is 0.317 e. The lowest BCUT2D eigenvalue weighted by Gasteiger charge is -2.32. The van der Waals surface area contributed by atoms with Crippen molar-refractivity contribution in [3.05, 3.63) is 45.9 Å². The molecule has 2 aromatic heterocycles. The van der Waals surface area contributed by atoms with E-state index in [1.165, 1.54) is 16.2 Å². The molecule has 4 heterocycles. The number of hydrogen-bond acceptors (Lipinski definition) is 7. The highest BCUT2D eigenvalue weighted by Gasteiger charge is 2.30. The number of likely N-dealkylation sites (tertiary alicyclic amines) is 2. The number of carbonyl (C=O) groups excluding carboxylic acids is 2. The van der Waals surface area contributed by atoms with Crippen LogP contribution in [0, 0.1) is 6.92 Å². The molecule has 0 unspecified atom stereocenters. The monoisotopic (exact) mass is 527 g/mol. The number of carboxylic acid groups (broad SMARTS) is 1. The first kappa shape index (κ1) is 24.7. The number of amides is 2. The number of imide groups is 1. The average molecular weight is 528 g/mol. The number of pyridine rings is 1. The Labute approximate surface area is 217 Å². The van der Waals surface area contributed by atoms with E-state index in [0.29, 0.717) is 17.3 Å². The van der Waals surface area contributed by atoms with Gasteiger partial charge in [0.05, 0.1) is 23.3 Å². The molecule has 1 atom stereocenters. The Morgan fingerprint density at radius 3 is 2.75 bits per heavy atom. The van der Waals surface area contributed by atoms with E-state index in [0.717, 1.165) is 51.2 Å². The molecule has 8 nitrogen and oxygen atoms in total. The number of halogens is 1. The average Bonchev–Trinajstić information content (AvgIpc) is 3.38. The molecule has 5 rings (SSSR count). The number of fused-ring (bicyclic) bond motifs is 1. The lowest BCUT2D eigenvalue weighted by Crippen LogP contribution is -2.43. The Bertz CT molecular complexity index is 1340. The summed E-state index contributed by atoms with van der Waals surface area (Å²) in [7, 11) is 0. The van der Waals surface area contributed by atoms with Crippen molar-refractivity contribution in [1.82, 2.24) is 14.8 Å². The highest BCUT2D eigenvalue weighted by molar-refractivity contribution is 7.19. The molecular formula is C26H26ClN3O5S. The Balaban J connectivity index is 1.49. The van der Waals surface area contributed by atoms with Crippen molar-refractivity contribution in [3.8, 4) is 16.9 Å². The number of aliphatic carboxylic acids is 1. The number of carboxylic acids is 1. The molecule has 0 spiro atoms. The molecule has 1 aromatic carbocycles. The predicted octanol–water partition coefficient (Wildman–Crippen LogP) is 4.50. The predicted molar refractivity (Wildman–Crippen MR) is 137 cm³/mol. The molecule has 10 heteroatoms. The number of ether oxygens (including phenoxy) is 1. The smallest absolute Gasteiger partial charge is 0.317 e. The number of thiophene rings is 1. The number of hydrogen-bond donors (Lipinski definition) is 1. The van der Waals surface area contributed by atoms with Gasteiger partial charge in [-0.15, -0.1) is 11.3 Å². The van der Waals surface area contributed by atoms with E-state index in [2.05, 4.69) is 4.98 Å². The first-order valence-corrected chi connectivity index (χ1v) is 13.1. The van der Waals surface area contributed by atoms with Gasteiger partial charge >= 0.3 is 5.97 Å². The molecule has 1 N–H and O–H groups in total. The standard InChI is InChI=1S/C26H26ClN3O5S/c1-15-9-16(27)10-20(25(15)35-17-3-2-8-29(12-17)14-24(33)34)19-6-7-28-21-11-18(36-26(19)21)13-30-22(31)4-5-23(30)32/h6-7,9-11,17H,2-5,8,12-14H2,1H3,(H,33,34)/t17-/m0/s1. The van der Waals surface area contributed by atoms with Gasteiger partial charge in [-0.05, 0) is 56.1 Å². The Morgan fingerprint density at radius 2 is 2.00 bits per heavy atom. The maximum atomic E-state index is 12.1. The van der Waals surface area contributed by atoms with E-state index < -0.39 is 5.97 Å². The number of benzene rings is 1. The summed E-state index contributed by atoms with van der Waals surface area (Å²) < 4.78 is 7.45. The van der Waals surface area contributed by atoms with Gasteiger partial charge in [-0.25, -0.2) is 0 Å². The van der Waals surface area contributed by atoms with Crippen LogP contribution in [-0.2, 0) is 20.9 Å². The largest absolute Gasteiger partial charge is 0.488 e. The van der Waals surface area contributed by atoms with Gasteiger partial charge in [0, 0.05) is 46.6 Å². The summed E-state index contributed by atoms with van der Waals surface area (Å²) in [6, 6.07) is 7.58. The summed E-state index contributed by atoms with van der Waals surface area (Å²) in [4.78, 5) is 44.0. The summed E-state index contributed by atoms with van der Waals surface area (Å²) in [5.74, 6) is -0.412. The zero-order valence-electron chi connectivity index (χ0n) is 19.8. The lowest BCUT2D eigenvalue weighted by molar-refractivity contribution is -0.140. The van der Waals surface area contributed by atoms with Gasteiger partial charge in [0.2, 0.25) is 11.8 Å². The van der Waals surface area contributed by atoms with Crippen LogP contribution in [-0.4, -0.2) is 63.4 Å². The number of rotatable bonds is 7. The van der Waals surface area contributed by atoms with Crippen LogP contribution in [0.4, 0.5) is 0 Å². The van der Waals surface area contributed by atoms with E-state index in [9.17, 15) is 19.5 Å². The number of aromatic nitrogens is 1. The Hall–Kier alpha value is -3.01. The normalized spacial score (nSPS) is 18.8. The minimum Gasteiger partial charge on any atom is -0.488 e. The summed E-state index contributed by atoms with van der Waals surface area (Å²) in [6.45, 7) is 3.48. The third-order valence-corrected chi connectivity index (χ3v) is 7.93. The molecule has 0 aliphatic carbocycles. The van der Waals surface area contributed by atoms with Crippen LogP contribution >= 0.6 is 22.9 Å². The Morgan fingerprint density at radius 1 is 1.22 bits per heavy atom. The molecule has 36 heavy (non-hydrogen) atoms. The first-order chi connectivity index (χ1) is 17.3. The third kappa shape index (κ3) is 5.09. The molecule has 3 aromatic rings. The minimum absolute atomic E-state index is 0.00269. The van der Waals surface area contributed by atoms with Gasteiger partial charge in [0.15, 0.2) is 0 Å². The van der Waals surface area contributed by atoms with Crippen LogP contribution in [0.3, 0.4) is 0 Å². The molecule has 0 bridgehead atoms. The molecule has 188 valence electrons. The maximum absolute atomic E-state index is 12.1. The number of aryl methyl sites for hydroxylation is 1. The highest BCUT2D eigenvalue weighted by Crippen LogP contribution is 2.42. The summed E-state index contributed by atoms with van der Waals surface area (Å²) in [5.41, 5.74) is 3.42.